The number of alkyl halides is 1. The van der Waals surface area contributed by atoms with Crippen LogP contribution in [-0.2, 0) is 0 Å². The third-order valence-electron chi connectivity index (χ3n) is 6.21. The van der Waals surface area contributed by atoms with Crippen LogP contribution in [-0.4, -0.2) is 56.7 Å². The summed E-state index contributed by atoms with van der Waals surface area (Å²) in [4.78, 5) is 0. The second-order valence-corrected chi connectivity index (χ2v) is 10.5. The van der Waals surface area contributed by atoms with Gasteiger partial charge in [-0.1, -0.05) is 83.5 Å². The van der Waals surface area contributed by atoms with Crippen LogP contribution in [0.2, 0.25) is 0 Å². The van der Waals surface area contributed by atoms with E-state index in [1.54, 1.807) is 0 Å². The Balaban J connectivity index is 3.23. The predicted octanol–water partition coefficient (Wildman–Crippen LogP) is 4.96. The van der Waals surface area contributed by atoms with Gasteiger partial charge in [-0.25, -0.2) is 0 Å². The van der Waals surface area contributed by atoms with Gasteiger partial charge in [0.15, 0.2) is 6.29 Å². The highest BCUT2D eigenvalue weighted by molar-refractivity contribution is 14.1. The number of nitrogens with one attached hydrogen (secondary N) is 2. The molecule has 0 saturated heterocycles. The molecule has 0 aromatic carbocycles. The fourth-order valence-corrected chi connectivity index (χ4v) is 4.78. The van der Waals surface area contributed by atoms with Crippen LogP contribution in [0.1, 0.15) is 122 Å². The third-order valence-corrected chi connectivity index (χ3v) is 7.08. The summed E-state index contributed by atoms with van der Waals surface area (Å²) in [6, 6.07) is 0.149. The quantitative estimate of drug-likeness (QED) is 0.0400. The Morgan fingerprint density at radius 3 is 1.38 bits per heavy atom. The van der Waals surface area contributed by atoms with Gasteiger partial charge in [0.25, 0.3) is 0 Å². The Morgan fingerprint density at radius 2 is 0.969 bits per heavy atom. The Morgan fingerprint density at radius 1 is 0.562 bits per heavy atom. The van der Waals surface area contributed by atoms with Gasteiger partial charge in [0.2, 0.25) is 0 Å². The minimum absolute atomic E-state index is 0.149. The lowest BCUT2D eigenvalue weighted by Gasteiger charge is -2.18. The Bertz CT molecular complexity index is 376. The van der Waals surface area contributed by atoms with Crippen LogP contribution in [0.15, 0.2) is 0 Å². The van der Waals surface area contributed by atoms with Crippen molar-refractivity contribution in [3.8, 4) is 0 Å². The highest BCUT2D eigenvalue weighted by atomic mass is 127. The summed E-state index contributed by atoms with van der Waals surface area (Å²) in [6.45, 7) is 0.836. The molecular formula is C25H53IN2O4. The molecule has 0 saturated carbocycles. The van der Waals surface area contributed by atoms with E-state index in [4.69, 9.17) is 10.2 Å². The number of halogens is 1. The smallest absolute Gasteiger partial charge is 0.151 e. The molecule has 0 amide bonds. The minimum atomic E-state index is -1.13. The fraction of sp³-hybridized carbons (Fsp3) is 1.00. The van der Waals surface area contributed by atoms with Crippen molar-refractivity contribution < 1.29 is 20.4 Å². The first kappa shape index (κ1) is 32.5. The molecule has 6 N–H and O–H groups in total. The maximum absolute atomic E-state index is 10.0. The van der Waals surface area contributed by atoms with Crippen LogP contribution < -0.4 is 10.6 Å². The van der Waals surface area contributed by atoms with E-state index in [-0.39, 0.29) is 16.4 Å². The van der Waals surface area contributed by atoms with Crippen LogP contribution in [0, 0.1) is 0 Å². The van der Waals surface area contributed by atoms with Crippen molar-refractivity contribution in [2.45, 2.75) is 145 Å². The molecule has 0 fully saturated rings. The summed E-state index contributed by atoms with van der Waals surface area (Å²) in [6.07, 6.45) is 20.3. The van der Waals surface area contributed by atoms with Gasteiger partial charge >= 0.3 is 0 Å². The van der Waals surface area contributed by atoms with Crippen molar-refractivity contribution in [2.24, 2.45) is 0 Å². The first-order valence-electron chi connectivity index (χ1n) is 13.2. The number of likely N-dealkylation sites (N-methyl/N-ethyl adjacent to an activating group) is 1. The molecule has 194 valence electrons. The fourth-order valence-electron chi connectivity index (χ4n) is 4.07. The number of rotatable bonds is 25. The molecule has 0 aliphatic heterocycles. The largest absolute Gasteiger partial charge is 0.381 e. The van der Waals surface area contributed by atoms with Crippen LogP contribution in [0.3, 0.4) is 0 Å². The van der Waals surface area contributed by atoms with Crippen molar-refractivity contribution in [3.05, 3.63) is 0 Å². The highest BCUT2D eigenvalue weighted by Crippen LogP contribution is 2.14. The zero-order chi connectivity index (χ0) is 23.9. The van der Waals surface area contributed by atoms with Gasteiger partial charge in [-0.05, 0) is 74.7 Å². The average Bonchev–Trinajstić information content (AvgIpc) is 2.75. The predicted molar refractivity (Wildman–Crippen MR) is 143 cm³/mol. The molecule has 3 atom stereocenters. The summed E-state index contributed by atoms with van der Waals surface area (Å²) < 4.78 is -0.350. The normalized spacial score (nSPS) is 14.7. The topological polar surface area (TPSA) is 105 Å². The SMILES string of the molecule is CNC(CCCCNC(O)CCCCCCCCCCCCCCCCC(O)O)C(O)I. The molecule has 3 unspecified atom stereocenters. The van der Waals surface area contributed by atoms with Gasteiger partial charge in [0, 0.05) is 6.04 Å². The van der Waals surface area contributed by atoms with E-state index in [0.717, 1.165) is 51.5 Å². The lowest BCUT2D eigenvalue weighted by molar-refractivity contribution is -0.0466. The monoisotopic (exact) mass is 572 g/mol. The van der Waals surface area contributed by atoms with Crippen molar-refractivity contribution >= 4 is 22.6 Å². The number of hydrogen-bond donors (Lipinski definition) is 6. The summed E-state index contributed by atoms with van der Waals surface area (Å²) in [5, 5.41) is 43.5. The highest BCUT2D eigenvalue weighted by Gasteiger charge is 2.12. The number of unbranched alkanes of at least 4 members (excludes halogenated alkanes) is 14. The molecule has 0 rings (SSSR count). The molecule has 0 radical (unpaired) electrons. The van der Waals surface area contributed by atoms with Crippen molar-refractivity contribution in [3.63, 3.8) is 0 Å². The van der Waals surface area contributed by atoms with Gasteiger partial charge in [0.1, 0.15) is 10.3 Å². The van der Waals surface area contributed by atoms with E-state index in [1.807, 2.05) is 29.6 Å². The summed E-state index contributed by atoms with van der Waals surface area (Å²) in [5.41, 5.74) is 0. The third kappa shape index (κ3) is 23.6. The van der Waals surface area contributed by atoms with Crippen LogP contribution >= 0.6 is 22.6 Å². The zero-order valence-corrected chi connectivity index (χ0v) is 22.8. The van der Waals surface area contributed by atoms with Crippen LogP contribution in [0.5, 0.6) is 0 Å². The standard InChI is InChI=1S/C25H53IN2O4/c1-27-22(25(26)32)18-16-17-21-28-23(29)19-14-12-10-8-6-4-2-3-5-7-9-11-13-15-20-24(30)31/h22-25,27-32H,2-21H2,1H3. The van der Waals surface area contributed by atoms with Gasteiger partial charge in [-0.2, -0.15) is 0 Å². The Hall–Kier alpha value is 0.490. The molecule has 0 bridgehead atoms. The summed E-state index contributed by atoms with van der Waals surface area (Å²) in [7, 11) is 1.88. The molecule has 0 aromatic rings. The molecule has 0 aliphatic carbocycles. The van der Waals surface area contributed by atoms with E-state index in [9.17, 15) is 10.2 Å². The Labute approximate surface area is 211 Å². The zero-order valence-electron chi connectivity index (χ0n) is 20.6. The molecule has 0 spiro atoms. The molecule has 32 heavy (non-hydrogen) atoms. The molecule has 0 aliphatic rings. The molecule has 0 aromatic heterocycles. The van der Waals surface area contributed by atoms with Gasteiger partial charge in [-0.3, -0.25) is 5.32 Å². The Kier molecular flexibility index (Phi) is 25.0. The van der Waals surface area contributed by atoms with Crippen LogP contribution in [0.4, 0.5) is 0 Å². The lowest BCUT2D eigenvalue weighted by Crippen LogP contribution is -2.34. The maximum atomic E-state index is 10.0. The van der Waals surface area contributed by atoms with Crippen molar-refractivity contribution in [2.75, 3.05) is 13.6 Å². The van der Waals surface area contributed by atoms with Crippen molar-refractivity contribution in [1.82, 2.24) is 10.6 Å². The van der Waals surface area contributed by atoms with Gasteiger partial charge in [-0.15, -0.1) is 0 Å². The van der Waals surface area contributed by atoms with E-state index >= 15 is 0 Å². The lowest BCUT2D eigenvalue weighted by atomic mass is 10.0. The molecule has 0 heterocycles. The van der Waals surface area contributed by atoms with E-state index in [1.165, 1.54) is 70.6 Å². The summed E-state index contributed by atoms with van der Waals surface area (Å²) >= 11 is 2.04. The summed E-state index contributed by atoms with van der Waals surface area (Å²) in [5.74, 6) is 0. The van der Waals surface area contributed by atoms with E-state index in [2.05, 4.69) is 10.6 Å². The molecule has 6 nitrogen and oxygen atoms in total. The van der Waals surface area contributed by atoms with E-state index in [0.29, 0.717) is 6.42 Å². The van der Waals surface area contributed by atoms with Gasteiger partial charge < -0.3 is 25.7 Å². The van der Waals surface area contributed by atoms with Crippen molar-refractivity contribution in [1.29, 1.82) is 0 Å². The number of aliphatic hydroxyl groups excluding tert-OH is 3. The second kappa shape index (κ2) is 24.6. The second-order valence-electron chi connectivity index (χ2n) is 9.24. The minimum Gasteiger partial charge on any atom is -0.381 e. The van der Waals surface area contributed by atoms with Crippen LogP contribution in [0.25, 0.3) is 0 Å². The average molecular weight is 573 g/mol. The molecular weight excluding hydrogens is 519 g/mol. The van der Waals surface area contributed by atoms with Gasteiger partial charge in [0.05, 0.1) is 0 Å². The first-order valence-corrected chi connectivity index (χ1v) is 14.5. The number of aliphatic hydroxyl groups is 4. The first-order chi connectivity index (χ1) is 15.5. The van der Waals surface area contributed by atoms with E-state index < -0.39 is 6.29 Å². The molecule has 7 heteroatoms. The maximum Gasteiger partial charge on any atom is 0.151 e. The number of hydrogen-bond acceptors (Lipinski definition) is 6.